The van der Waals surface area contributed by atoms with Gasteiger partial charge in [-0.05, 0) is 37.3 Å². The molecule has 1 aromatic carbocycles. The zero-order valence-corrected chi connectivity index (χ0v) is 17.5. The number of carbonyl (C=O) groups is 2. The molecular formula is C23H28N2O4. The Balaban J connectivity index is 1.72. The molecule has 0 saturated carbocycles. The van der Waals surface area contributed by atoms with Gasteiger partial charge >= 0.3 is 5.97 Å². The van der Waals surface area contributed by atoms with Crippen LogP contribution in [0.4, 0.5) is 5.69 Å². The summed E-state index contributed by atoms with van der Waals surface area (Å²) in [6.07, 6.45) is 3.07. The minimum atomic E-state index is -1.05. The van der Waals surface area contributed by atoms with E-state index in [9.17, 15) is 9.59 Å². The van der Waals surface area contributed by atoms with Crippen molar-refractivity contribution >= 4 is 17.6 Å². The van der Waals surface area contributed by atoms with Gasteiger partial charge in [0.1, 0.15) is 0 Å². The second-order valence-corrected chi connectivity index (χ2v) is 9.78. The van der Waals surface area contributed by atoms with Crippen LogP contribution in [-0.4, -0.2) is 54.8 Å². The molecule has 1 aromatic rings. The second kappa shape index (κ2) is 4.97. The smallest absolute Gasteiger partial charge is 0.340 e. The minimum absolute atomic E-state index is 0.0544. The molecule has 6 heteroatoms. The first-order valence-electron chi connectivity index (χ1n) is 10.8. The monoisotopic (exact) mass is 396 g/mol. The van der Waals surface area contributed by atoms with Gasteiger partial charge in [-0.15, -0.1) is 0 Å². The fraction of sp³-hybridized carbons (Fsp3) is 0.652. The van der Waals surface area contributed by atoms with Crippen LogP contribution in [0.2, 0.25) is 0 Å². The number of hydrogen-bond acceptors (Lipinski definition) is 5. The van der Waals surface area contributed by atoms with E-state index in [1.807, 2.05) is 17.9 Å². The van der Waals surface area contributed by atoms with Gasteiger partial charge in [0.25, 0.3) is 0 Å². The Morgan fingerprint density at radius 3 is 2.83 bits per heavy atom. The number of ether oxygens (including phenoxy) is 2. The summed E-state index contributed by atoms with van der Waals surface area (Å²) in [4.78, 5) is 31.0. The minimum Gasteiger partial charge on any atom is -0.467 e. The number of anilines is 1. The lowest BCUT2D eigenvalue weighted by molar-refractivity contribution is -0.217. The fourth-order valence-electron chi connectivity index (χ4n) is 8.39. The lowest BCUT2D eigenvalue weighted by atomic mass is 9.48. The molecule has 154 valence electrons. The van der Waals surface area contributed by atoms with E-state index < -0.39 is 16.7 Å². The van der Waals surface area contributed by atoms with Crippen molar-refractivity contribution in [2.24, 2.45) is 11.3 Å². The average Bonchev–Trinajstić information content (AvgIpc) is 3.38. The molecule has 6 rings (SSSR count). The predicted octanol–water partition coefficient (Wildman–Crippen LogP) is 2.45. The number of esters is 1. The quantitative estimate of drug-likeness (QED) is 0.719. The highest BCUT2D eigenvalue weighted by molar-refractivity contribution is 5.90. The molecule has 2 spiro atoms. The van der Waals surface area contributed by atoms with Crippen molar-refractivity contribution in [2.45, 2.75) is 62.3 Å². The number of piperidine rings is 1. The molecule has 6 atom stereocenters. The molecule has 6 nitrogen and oxygen atoms in total. The van der Waals surface area contributed by atoms with Gasteiger partial charge in [0, 0.05) is 30.6 Å². The maximum atomic E-state index is 13.4. The second-order valence-electron chi connectivity index (χ2n) is 9.78. The summed E-state index contributed by atoms with van der Waals surface area (Å²) in [5, 5.41) is 0. The van der Waals surface area contributed by atoms with Gasteiger partial charge in [0.05, 0.1) is 18.6 Å². The van der Waals surface area contributed by atoms with Crippen LogP contribution >= 0.6 is 0 Å². The highest BCUT2D eigenvalue weighted by Crippen LogP contribution is 2.79. The van der Waals surface area contributed by atoms with Gasteiger partial charge in [-0.25, -0.2) is 4.79 Å². The third-order valence-corrected chi connectivity index (χ3v) is 9.02. The third kappa shape index (κ3) is 1.46. The molecule has 0 N–H and O–H groups in total. The number of fused-ring (bicyclic) bond motifs is 3. The summed E-state index contributed by atoms with van der Waals surface area (Å²) in [6.45, 7) is 4.90. The zero-order chi connectivity index (χ0) is 20.4. The SMILES string of the molecule is CC[C@@]12C[C@H](C)C(=O)N3CC[C@@]45c6ccccc6N(C)[C@@H]4[C@](C(=O)OC)(C1)O[C@]325. The Kier molecular flexibility index (Phi) is 3.04. The van der Waals surface area contributed by atoms with E-state index in [1.54, 1.807) is 0 Å². The normalized spacial score (nSPS) is 46.0. The lowest BCUT2D eigenvalue weighted by Crippen LogP contribution is -2.72. The van der Waals surface area contributed by atoms with Crippen molar-refractivity contribution in [2.75, 3.05) is 25.6 Å². The average molecular weight is 396 g/mol. The molecule has 5 heterocycles. The Bertz CT molecular complexity index is 964. The molecule has 4 fully saturated rings. The van der Waals surface area contributed by atoms with E-state index in [0.29, 0.717) is 13.0 Å². The molecule has 5 aliphatic heterocycles. The van der Waals surface area contributed by atoms with E-state index in [0.717, 1.165) is 24.9 Å². The van der Waals surface area contributed by atoms with E-state index in [1.165, 1.54) is 12.7 Å². The predicted molar refractivity (Wildman–Crippen MR) is 106 cm³/mol. The molecule has 0 unspecified atom stereocenters. The highest BCUT2D eigenvalue weighted by Gasteiger charge is 2.92. The topological polar surface area (TPSA) is 59.1 Å². The van der Waals surface area contributed by atoms with Crippen molar-refractivity contribution in [3.8, 4) is 0 Å². The van der Waals surface area contributed by atoms with Gasteiger partial charge in [0.2, 0.25) is 5.91 Å². The summed E-state index contributed by atoms with van der Waals surface area (Å²) in [7, 11) is 3.51. The van der Waals surface area contributed by atoms with Gasteiger partial charge in [-0.2, -0.15) is 0 Å². The fourth-order valence-corrected chi connectivity index (χ4v) is 8.39. The van der Waals surface area contributed by atoms with Crippen molar-refractivity contribution in [1.29, 1.82) is 0 Å². The molecule has 29 heavy (non-hydrogen) atoms. The summed E-state index contributed by atoms with van der Waals surface area (Å²) in [5.41, 5.74) is -0.121. The maximum absolute atomic E-state index is 13.4. The van der Waals surface area contributed by atoms with Gasteiger partial charge < -0.3 is 19.3 Å². The number of amides is 1. The Hall–Kier alpha value is -2.08. The van der Waals surface area contributed by atoms with Crippen molar-refractivity contribution in [1.82, 2.24) is 4.90 Å². The molecule has 0 aliphatic carbocycles. The Morgan fingerprint density at radius 2 is 2.10 bits per heavy atom. The van der Waals surface area contributed by atoms with Crippen molar-refractivity contribution in [3.63, 3.8) is 0 Å². The van der Waals surface area contributed by atoms with Crippen LogP contribution in [0.25, 0.3) is 0 Å². The van der Waals surface area contributed by atoms with Crippen LogP contribution in [0.5, 0.6) is 0 Å². The van der Waals surface area contributed by atoms with Gasteiger partial charge in [-0.1, -0.05) is 32.0 Å². The van der Waals surface area contributed by atoms with Crippen LogP contribution in [0.15, 0.2) is 24.3 Å². The van der Waals surface area contributed by atoms with Crippen molar-refractivity contribution < 1.29 is 19.1 Å². The molecule has 0 aromatic heterocycles. The summed E-state index contributed by atoms with van der Waals surface area (Å²) in [5.74, 6) is -0.187. The first-order valence-corrected chi connectivity index (χ1v) is 10.8. The number of nitrogens with zero attached hydrogens (tertiary/aromatic N) is 2. The van der Waals surface area contributed by atoms with E-state index in [2.05, 4.69) is 37.1 Å². The number of rotatable bonds is 2. The van der Waals surface area contributed by atoms with Gasteiger partial charge in [-0.3, -0.25) is 4.79 Å². The molecule has 5 aliphatic rings. The van der Waals surface area contributed by atoms with Crippen LogP contribution < -0.4 is 4.90 Å². The van der Waals surface area contributed by atoms with E-state index in [-0.39, 0.29) is 29.3 Å². The third-order valence-electron chi connectivity index (χ3n) is 9.02. The Morgan fingerprint density at radius 1 is 1.34 bits per heavy atom. The van der Waals surface area contributed by atoms with Crippen LogP contribution in [0, 0.1) is 11.3 Å². The molecule has 4 saturated heterocycles. The molecule has 1 amide bonds. The standard InChI is InChI=1S/C23H28N2O4/c1-5-20-12-14(2)17(26)25-11-10-21-15-8-6-7-9-16(15)24(3)18(21)22(13-20,19(27)28-4)29-23(20,21)25/h6-9,14,18H,5,10-13H2,1-4H3/t14-,18-,20+,21+,22-,23+/m0/s1. The number of carbonyl (C=O) groups excluding carboxylic acids is 2. The Labute approximate surface area is 171 Å². The van der Waals surface area contributed by atoms with Crippen molar-refractivity contribution in [3.05, 3.63) is 29.8 Å². The number of likely N-dealkylation sites (N-methyl/N-ethyl adjacent to an activating group) is 1. The first kappa shape index (κ1) is 17.8. The van der Waals surface area contributed by atoms with Crippen LogP contribution in [-0.2, 0) is 24.5 Å². The van der Waals surface area contributed by atoms with Crippen LogP contribution in [0.1, 0.15) is 45.1 Å². The molecule has 0 radical (unpaired) electrons. The zero-order valence-electron chi connectivity index (χ0n) is 17.5. The van der Waals surface area contributed by atoms with Crippen LogP contribution in [0.3, 0.4) is 0 Å². The summed E-state index contributed by atoms with van der Waals surface area (Å²) < 4.78 is 12.3. The lowest BCUT2D eigenvalue weighted by Gasteiger charge is -2.59. The molecule has 2 bridgehead atoms. The number of benzene rings is 1. The number of para-hydroxylation sites is 1. The highest BCUT2D eigenvalue weighted by atomic mass is 16.6. The number of hydrogen-bond donors (Lipinski definition) is 0. The van der Waals surface area contributed by atoms with Gasteiger partial charge in [0.15, 0.2) is 11.3 Å². The maximum Gasteiger partial charge on any atom is 0.340 e. The largest absolute Gasteiger partial charge is 0.467 e. The van der Waals surface area contributed by atoms with E-state index in [4.69, 9.17) is 9.47 Å². The summed E-state index contributed by atoms with van der Waals surface area (Å²) in [6, 6.07) is 8.27. The molecular weight excluding hydrogens is 368 g/mol. The summed E-state index contributed by atoms with van der Waals surface area (Å²) >= 11 is 0. The number of methoxy groups -OCH3 is 1. The van der Waals surface area contributed by atoms with E-state index >= 15 is 0 Å². The first-order chi connectivity index (χ1) is 13.8.